The van der Waals surface area contributed by atoms with Gasteiger partial charge in [-0.3, -0.25) is 0 Å². The summed E-state index contributed by atoms with van der Waals surface area (Å²) < 4.78 is 5.38. The normalized spacial score (nSPS) is 10.6. The van der Waals surface area contributed by atoms with Crippen LogP contribution in [-0.4, -0.2) is 12.6 Å². The number of unbranched alkanes of at least 4 members (excludes halogenated alkanes) is 6. The van der Waals surface area contributed by atoms with Crippen LogP contribution in [0.3, 0.4) is 0 Å². The third-order valence-electron chi connectivity index (χ3n) is 4.49. The predicted octanol–water partition coefficient (Wildman–Crippen LogP) is 6.57. The quantitative estimate of drug-likeness (QED) is 0.362. The van der Waals surface area contributed by atoms with Crippen LogP contribution < -0.4 is 0 Å². The van der Waals surface area contributed by atoms with Gasteiger partial charge in [0.1, 0.15) is 0 Å². The van der Waals surface area contributed by atoms with E-state index in [4.69, 9.17) is 4.74 Å². The Morgan fingerprint density at radius 1 is 0.760 bits per heavy atom. The van der Waals surface area contributed by atoms with E-state index in [1.807, 2.05) is 24.3 Å². The van der Waals surface area contributed by atoms with Crippen LogP contribution in [-0.2, 0) is 4.74 Å². The number of hydrogen-bond acceptors (Lipinski definition) is 2. The van der Waals surface area contributed by atoms with E-state index in [2.05, 4.69) is 38.1 Å². The Morgan fingerprint density at radius 2 is 1.28 bits per heavy atom. The lowest BCUT2D eigenvalue weighted by Gasteiger charge is -2.07. The maximum absolute atomic E-state index is 12.1. The molecule has 0 unspecified atom stereocenters. The number of esters is 1. The second kappa shape index (κ2) is 10.7. The van der Waals surface area contributed by atoms with Crippen LogP contribution in [0.5, 0.6) is 0 Å². The molecule has 0 bridgehead atoms. The zero-order valence-corrected chi connectivity index (χ0v) is 15.6. The van der Waals surface area contributed by atoms with Gasteiger partial charge >= 0.3 is 5.97 Å². The maximum atomic E-state index is 12.1. The molecule has 0 atom stereocenters. The van der Waals surface area contributed by atoms with Crippen molar-refractivity contribution in [1.29, 1.82) is 0 Å². The zero-order chi connectivity index (χ0) is 17.9. The lowest BCUT2D eigenvalue weighted by atomic mass is 10.0. The van der Waals surface area contributed by atoms with Crippen molar-refractivity contribution in [2.45, 2.75) is 58.8 Å². The van der Waals surface area contributed by atoms with Crippen LogP contribution >= 0.6 is 0 Å². The van der Waals surface area contributed by atoms with E-state index in [1.54, 1.807) is 0 Å². The number of rotatable bonds is 10. The number of hydrogen-bond donors (Lipinski definition) is 0. The van der Waals surface area contributed by atoms with Crippen molar-refractivity contribution in [3.8, 4) is 11.1 Å². The highest BCUT2D eigenvalue weighted by Gasteiger charge is 2.07. The van der Waals surface area contributed by atoms with Gasteiger partial charge in [0.2, 0.25) is 0 Å². The van der Waals surface area contributed by atoms with Crippen LogP contribution in [0.4, 0.5) is 0 Å². The van der Waals surface area contributed by atoms with Crippen molar-refractivity contribution in [1.82, 2.24) is 0 Å². The van der Waals surface area contributed by atoms with Crippen LogP contribution in [0.2, 0.25) is 0 Å². The molecule has 0 saturated heterocycles. The molecular weight excluding hydrogens is 308 g/mol. The van der Waals surface area contributed by atoms with Gasteiger partial charge in [0.25, 0.3) is 0 Å². The van der Waals surface area contributed by atoms with Gasteiger partial charge in [-0.2, -0.15) is 0 Å². The minimum absolute atomic E-state index is 0.221. The molecule has 2 rings (SSSR count). The first kappa shape index (κ1) is 19.2. The number of carbonyl (C=O) groups is 1. The fourth-order valence-electron chi connectivity index (χ4n) is 2.85. The first-order valence-electron chi connectivity index (χ1n) is 9.55. The van der Waals surface area contributed by atoms with Crippen molar-refractivity contribution in [3.63, 3.8) is 0 Å². The van der Waals surface area contributed by atoms with Crippen molar-refractivity contribution in [3.05, 3.63) is 59.7 Å². The Balaban J connectivity index is 1.72. The largest absolute Gasteiger partial charge is 0.462 e. The molecule has 25 heavy (non-hydrogen) atoms. The molecule has 0 radical (unpaired) electrons. The van der Waals surface area contributed by atoms with Crippen LogP contribution in [0.1, 0.15) is 67.8 Å². The van der Waals surface area contributed by atoms with Gasteiger partial charge in [0, 0.05) is 0 Å². The molecule has 0 aliphatic rings. The topological polar surface area (TPSA) is 26.3 Å². The van der Waals surface area contributed by atoms with Gasteiger partial charge in [-0.25, -0.2) is 4.79 Å². The van der Waals surface area contributed by atoms with Crippen LogP contribution in [0.15, 0.2) is 48.5 Å². The monoisotopic (exact) mass is 338 g/mol. The van der Waals surface area contributed by atoms with Gasteiger partial charge in [0.15, 0.2) is 0 Å². The molecule has 0 fully saturated rings. The van der Waals surface area contributed by atoms with Crippen LogP contribution in [0, 0.1) is 6.92 Å². The first-order valence-corrected chi connectivity index (χ1v) is 9.55. The summed E-state index contributed by atoms with van der Waals surface area (Å²) in [4.78, 5) is 12.1. The summed E-state index contributed by atoms with van der Waals surface area (Å²) in [5.74, 6) is -0.221. The summed E-state index contributed by atoms with van der Waals surface area (Å²) >= 11 is 0. The fourth-order valence-corrected chi connectivity index (χ4v) is 2.85. The number of aryl methyl sites for hydroxylation is 1. The summed E-state index contributed by atoms with van der Waals surface area (Å²) in [6, 6.07) is 16.1. The molecule has 2 heteroatoms. The SMILES string of the molecule is CCCCCCCCCOC(=O)c1ccc(-c2ccc(C)cc2)cc1. The van der Waals surface area contributed by atoms with Crippen molar-refractivity contribution in [2.75, 3.05) is 6.61 Å². The van der Waals surface area contributed by atoms with Crippen LogP contribution in [0.25, 0.3) is 11.1 Å². The highest BCUT2D eigenvalue weighted by Crippen LogP contribution is 2.20. The van der Waals surface area contributed by atoms with Crippen molar-refractivity contribution >= 4 is 5.97 Å². The minimum Gasteiger partial charge on any atom is -0.462 e. The van der Waals surface area contributed by atoms with E-state index in [0.29, 0.717) is 12.2 Å². The Kier molecular flexibility index (Phi) is 8.24. The molecule has 2 aromatic carbocycles. The summed E-state index contributed by atoms with van der Waals surface area (Å²) in [6.07, 6.45) is 8.56. The summed E-state index contributed by atoms with van der Waals surface area (Å²) in [5.41, 5.74) is 4.14. The predicted molar refractivity (Wildman–Crippen MR) is 105 cm³/mol. The highest BCUT2D eigenvalue weighted by molar-refractivity contribution is 5.90. The summed E-state index contributed by atoms with van der Waals surface area (Å²) in [7, 11) is 0. The van der Waals surface area contributed by atoms with E-state index in [-0.39, 0.29) is 5.97 Å². The van der Waals surface area contributed by atoms with Gasteiger partial charge < -0.3 is 4.74 Å². The van der Waals surface area contributed by atoms with Crippen molar-refractivity contribution < 1.29 is 9.53 Å². The lowest BCUT2D eigenvalue weighted by Crippen LogP contribution is -2.06. The molecular formula is C23H30O2. The van der Waals surface area contributed by atoms with Gasteiger partial charge in [-0.1, -0.05) is 87.4 Å². The molecule has 0 saturated carbocycles. The molecule has 134 valence electrons. The smallest absolute Gasteiger partial charge is 0.338 e. The first-order chi connectivity index (χ1) is 12.2. The van der Waals surface area contributed by atoms with E-state index < -0.39 is 0 Å². The average molecular weight is 338 g/mol. The molecule has 0 aromatic heterocycles. The Morgan fingerprint density at radius 3 is 1.88 bits per heavy atom. The molecule has 0 N–H and O–H groups in total. The zero-order valence-electron chi connectivity index (χ0n) is 15.6. The fraction of sp³-hybridized carbons (Fsp3) is 0.435. The molecule has 0 aliphatic carbocycles. The summed E-state index contributed by atoms with van der Waals surface area (Å²) in [6.45, 7) is 4.83. The second-order valence-corrected chi connectivity index (χ2v) is 6.70. The molecule has 0 heterocycles. The van der Waals surface area contributed by atoms with Gasteiger partial charge in [-0.15, -0.1) is 0 Å². The maximum Gasteiger partial charge on any atom is 0.338 e. The van der Waals surface area contributed by atoms with E-state index >= 15 is 0 Å². The highest BCUT2D eigenvalue weighted by atomic mass is 16.5. The Hall–Kier alpha value is -2.09. The molecule has 0 aliphatic heterocycles. The molecule has 0 amide bonds. The molecule has 0 spiro atoms. The Labute approximate surface area is 152 Å². The van der Waals surface area contributed by atoms with Crippen molar-refractivity contribution in [2.24, 2.45) is 0 Å². The second-order valence-electron chi connectivity index (χ2n) is 6.70. The lowest BCUT2D eigenvalue weighted by molar-refractivity contribution is 0.0497. The molecule has 2 aromatic rings. The van der Waals surface area contributed by atoms with E-state index in [1.165, 1.54) is 37.7 Å². The number of benzene rings is 2. The third-order valence-corrected chi connectivity index (χ3v) is 4.49. The van der Waals surface area contributed by atoms with E-state index in [9.17, 15) is 4.79 Å². The Bertz CT molecular complexity index is 626. The standard InChI is InChI=1S/C23H30O2/c1-3-4-5-6-7-8-9-18-25-23(24)22-16-14-21(15-17-22)20-12-10-19(2)11-13-20/h10-17H,3-9,18H2,1-2H3. The number of ether oxygens (including phenoxy) is 1. The minimum atomic E-state index is -0.221. The average Bonchev–Trinajstić information content (AvgIpc) is 2.64. The third kappa shape index (κ3) is 6.74. The number of carbonyl (C=O) groups excluding carboxylic acids is 1. The summed E-state index contributed by atoms with van der Waals surface area (Å²) in [5, 5.41) is 0. The van der Waals surface area contributed by atoms with Gasteiger partial charge in [0.05, 0.1) is 12.2 Å². The van der Waals surface area contributed by atoms with Gasteiger partial charge in [-0.05, 0) is 36.6 Å². The van der Waals surface area contributed by atoms with E-state index in [0.717, 1.165) is 24.0 Å². The molecule has 2 nitrogen and oxygen atoms in total.